The Bertz CT molecular complexity index is 804. The van der Waals surface area contributed by atoms with Crippen molar-refractivity contribution in [1.29, 1.82) is 0 Å². The maximum atomic E-state index is 13.2. The summed E-state index contributed by atoms with van der Waals surface area (Å²) in [6.45, 7) is 6.78. The number of ether oxygens (including phenoxy) is 1. The number of carbonyl (C=O) groups is 2. The van der Waals surface area contributed by atoms with Crippen molar-refractivity contribution in [1.82, 2.24) is 14.7 Å². The minimum atomic E-state index is -0.957. The van der Waals surface area contributed by atoms with Crippen LogP contribution >= 0.6 is 0 Å². The van der Waals surface area contributed by atoms with Crippen molar-refractivity contribution in [2.75, 3.05) is 26.3 Å². The largest absolute Gasteiger partial charge is 0.481 e. The second-order valence-electron chi connectivity index (χ2n) is 6.57. The third-order valence-electron chi connectivity index (χ3n) is 4.44. The SMILES string of the molecule is CCOCCCN(CC(C)C(=O)O)C(=O)c1cnn(-c2ccc(F)cc2)c1C. The van der Waals surface area contributed by atoms with E-state index in [0.717, 1.165) is 0 Å². The van der Waals surface area contributed by atoms with Crippen LogP contribution < -0.4 is 0 Å². The van der Waals surface area contributed by atoms with Crippen molar-refractivity contribution in [2.24, 2.45) is 5.92 Å². The molecular weight excluding hydrogens is 365 g/mol. The second-order valence-corrected chi connectivity index (χ2v) is 6.57. The first-order valence-corrected chi connectivity index (χ1v) is 9.25. The van der Waals surface area contributed by atoms with Gasteiger partial charge >= 0.3 is 5.97 Å². The predicted molar refractivity (Wildman–Crippen MR) is 102 cm³/mol. The number of carboxylic acids is 1. The van der Waals surface area contributed by atoms with Gasteiger partial charge in [0.25, 0.3) is 5.91 Å². The highest BCUT2D eigenvalue weighted by Crippen LogP contribution is 2.17. The highest BCUT2D eigenvalue weighted by molar-refractivity contribution is 5.95. The average molecular weight is 391 g/mol. The zero-order valence-electron chi connectivity index (χ0n) is 16.4. The van der Waals surface area contributed by atoms with Gasteiger partial charge in [-0.3, -0.25) is 9.59 Å². The Morgan fingerprint density at radius 3 is 2.61 bits per heavy atom. The number of rotatable bonds is 10. The standard InChI is InChI=1S/C20H26FN3O4/c1-4-28-11-5-10-23(13-14(2)20(26)27)19(25)18-12-22-24(15(18)3)17-8-6-16(21)7-9-17/h6-9,12,14H,4-5,10-11,13H2,1-3H3,(H,26,27). The lowest BCUT2D eigenvalue weighted by molar-refractivity contribution is -0.141. The van der Waals surface area contributed by atoms with Crippen molar-refractivity contribution < 1.29 is 23.8 Å². The Labute approximate surface area is 163 Å². The molecule has 2 rings (SSSR count). The Balaban J connectivity index is 2.22. The first-order chi connectivity index (χ1) is 13.3. The summed E-state index contributed by atoms with van der Waals surface area (Å²) in [4.78, 5) is 25.8. The van der Waals surface area contributed by atoms with E-state index in [1.807, 2.05) is 6.92 Å². The second kappa shape index (κ2) is 9.98. The van der Waals surface area contributed by atoms with Gasteiger partial charge < -0.3 is 14.7 Å². The number of carboxylic acid groups (broad SMARTS) is 1. The molecule has 1 aromatic heterocycles. The van der Waals surface area contributed by atoms with Gasteiger partial charge in [-0.1, -0.05) is 6.92 Å². The molecule has 0 saturated carbocycles. The van der Waals surface area contributed by atoms with Gasteiger partial charge in [0, 0.05) is 26.3 Å². The van der Waals surface area contributed by atoms with Crippen LogP contribution in [0.3, 0.4) is 0 Å². The minimum Gasteiger partial charge on any atom is -0.481 e. The van der Waals surface area contributed by atoms with Gasteiger partial charge in [0.15, 0.2) is 0 Å². The van der Waals surface area contributed by atoms with Crippen molar-refractivity contribution in [3.63, 3.8) is 0 Å². The first-order valence-electron chi connectivity index (χ1n) is 9.25. The fourth-order valence-corrected chi connectivity index (χ4v) is 2.82. The summed E-state index contributed by atoms with van der Waals surface area (Å²) < 4.78 is 20.0. The van der Waals surface area contributed by atoms with Gasteiger partial charge in [0.05, 0.1) is 29.1 Å². The lowest BCUT2D eigenvalue weighted by Crippen LogP contribution is -2.38. The molecule has 0 saturated heterocycles. The van der Waals surface area contributed by atoms with Gasteiger partial charge in [0.1, 0.15) is 5.82 Å². The highest BCUT2D eigenvalue weighted by Gasteiger charge is 2.24. The van der Waals surface area contributed by atoms with E-state index in [4.69, 9.17) is 4.74 Å². The number of hydrogen-bond acceptors (Lipinski definition) is 4. The summed E-state index contributed by atoms with van der Waals surface area (Å²) in [5.41, 5.74) is 1.63. The number of halogens is 1. The predicted octanol–water partition coefficient (Wildman–Crippen LogP) is 2.91. The van der Waals surface area contributed by atoms with Crippen LogP contribution in [0.15, 0.2) is 30.5 Å². The summed E-state index contributed by atoms with van der Waals surface area (Å²) in [6.07, 6.45) is 2.07. The maximum absolute atomic E-state index is 13.2. The van der Waals surface area contributed by atoms with E-state index in [-0.39, 0.29) is 18.3 Å². The zero-order valence-corrected chi connectivity index (χ0v) is 16.4. The van der Waals surface area contributed by atoms with Crippen LogP contribution in [0.2, 0.25) is 0 Å². The van der Waals surface area contributed by atoms with Gasteiger partial charge in [-0.2, -0.15) is 5.10 Å². The molecule has 152 valence electrons. The summed E-state index contributed by atoms with van der Waals surface area (Å²) in [5, 5.41) is 13.5. The van der Waals surface area contributed by atoms with Gasteiger partial charge in [-0.25, -0.2) is 9.07 Å². The molecule has 1 aromatic carbocycles. The summed E-state index contributed by atoms with van der Waals surface area (Å²) in [5.74, 6) is -2.28. The van der Waals surface area contributed by atoms with Gasteiger partial charge in [-0.05, 0) is 44.5 Å². The lowest BCUT2D eigenvalue weighted by Gasteiger charge is -2.24. The van der Waals surface area contributed by atoms with E-state index < -0.39 is 11.9 Å². The Kier molecular flexibility index (Phi) is 7.69. The van der Waals surface area contributed by atoms with Gasteiger partial charge in [0.2, 0.25) is 0 Å². The number of aromatic nitrogens is 2. The van der Waals surface area contributed by atoms with Crippen LogP contribution in [0.4, 0.5) is 4.39 Å². The molecular formula is C20H26FN3O4. The third-order valence-corrected chi connectivity index (χ3v) is 4.44. The van der Waals surface area contributed by atoms with Crippen LogP contribution in [0.1, 0.15) is 36.3 Å². The van der Waals surface area contributed by atoms with E-state index in [9.17, 15) is 19.1 Å². The van der Waals surface area contributed by atoms with E-state index in [0.29, 0.717) is 43.1 Å². The molecule has 7 nitrogen and oxygen atoms in total. The van der Waals surface area contributed by atoms with E-state index >= 15 is 0 Å². The number of aliphatic carboxylic acids is 1. The minimum absolute atomic E-state index is 0.0987. The monoisotopic (exact) mass is 391 g/mol. The molecule has 1 amide bonds. The Morgan fingerprint density at radius 1 is 1.32 bits per heavy atom. The Hall–Kier alpha value is -2.74. The lowest BCUT2D eigenvalue weighted by atomic mass is 10.1. The van der Waals surface area contributed by atoms with Crippen molar-refractivity contribution in [3.05, 3.63) is 47.5 Å². The maximum Gasteiger partial charge on any atom is 0.308 e. The quantitative estimate of drug-likeness (QED) is 0.630. The number of carbonyl (C=O) groups excluding carboxylic acids is 1. The fourth-order valence-electron chi connectivity index (χ4n) is 2.82. The van der Waals surface area contributed by atoms with Crippen LogP contribution in [-0.4, -0.2) is 58.0 Å². The fraction of sp³-hybridized carbons (Fsp3) is 0.450. The molecule has 0 radical (unpaired) electrons. The summed E-state index contributed by atoms with van der Waals surface area (Å²) in [6, 6.07) is 5.81. The van der Waals surface area contributed by atoms with Crippen LogP contribution in [-0.2, 0) is 9.53 Å². The molecule has 1 heterocycles. The van der Waals surface area contributed by atoms with Crippen molar-refractivity contribution in [2.45, 2.75) is 27.2 Å². The highest BCUT2D eigenvalue weighted by atomic mass is 19.1. The third kappa shape index (κ3) is 5.39. The molecule has 1 N–H and O–H groups in total. The van der Waals surface area contributed by atoms with E-state index in [1.165, 1.54) is 23.2 Å². The molecule has 1 unspecified atom stereocenters. The summed E-state index contributed by atoms with van der Waals surface area (Å²) >= 11 is 0. The number of nitrogens with zero attached hydrogens (tertiary/aromatic N) is 3. The molecule has 0 fully saturated rings. The Morgan fingerprint density at radius 2 is 2.00 bits per heavy atom. The first kappa shape index (κ1) is 21.6. The molecule has 28 heavy (non-hydrogen) atoms. The molecule has 2 aromatic rings. The van der Waals surface area contributed by atoms with E-state index in [2.05, 4.69) is 5.10 Å². The van der Waals surface area contributed by atoms with Crippen LogP contribution in [0.5, 0.6) is 0 Å². The number of hydrogen-bond donors (Lipinski definition) is 1. The molecule has 0 bridgehead atoms. The van der Waals surface area contributed by atoms with Crippen molar-refractivity contribution in [3.8, 4) is 5.69 Å². The van der Waals surface area contributed by atoms with Crippen LogP contribution in [0, 0.1) is 18.7 Å². The van der Waals surface area contributed by atoms with E-state index in [1.54, 1.807) is 30.7 Å². The number of benzene rings is 1. The normalized spacial score (nSPS) is 12.0. The molecule has 0 aliphatic heterocycles. The smallest absolute Gasteiger partial charge is 0.308 e. The van der Waals surface area contributed by atoms with Crippen molar-refractivity contribution >= 4 is 11.9 Å². The molecule has 8 heteroatoms. The molecule has 0 spiro atoms. The van der Waals surface area contributed by atoms with Gasteiger partial charge in [-0.15, -0.1) is 0 Å². The zero-order chi connectivity index (χ0) is 20.7. The number of amides is 1. The topological polar surface area (TPSA) is 84.7 Å². The average Bonchev–Trinajstić information content (AvgIpc) is 3.05. The molecule has 1 atom stereocenters. The van der Waals surface area contributed by atoms with Crippen LogP contribution in [0.25, 0.3) is 5.69 Å². The summed E-state index contributed by atoms with van der Waals surface area (Å²) in [7, 11) is 0. The molecule has 0 aliphatic rings. The molecule has 0 aliphatic carbocycles.